The lowest BCUT2D eigenvalue weighted by molar-refractivity contribution is -1.13. The molecular formula is C11H21NO3. The summed E-state index contributed by atoms with van der Waals surface area (Å²) < 4.78 is 0. The number of rotatable bonds is 1. The average Bonchev–Trinajstić information content (AvgIpc) is 1.99. The van der Waals surface area contributed by atoms with Crippen LogP contribution in [0.2, 0.25) is 0 Å². The summed E-state index contributed by atoms with van der Waals surface area (Å²) in [6.07, 6.45) is 2.57. The molecule has 0 radical (unpaired) electrons. The second-order valence-corrected chi connectivity index (χ2v) is 5.61. The van der Waals surface area contributed by atoms with Crippen LogP contribution >= 0.6 is 0 Å². The largest absolute Gasteiger partial charge is 0.588 e. The Hall–Kier alpha value is -0.610. The first-order chi connectivity index (χ1) is 6.62. The van der Waals surface area contributed by atoms with Gasteiger partial charge in [0.25, 0.3) is 0 Å². The minimum absolute atomic E-state index is 0.506. The molecule has 1 rings (SSSR count). The van der Waals surface area contributed by atoms with Crippen molar-refractivity contribution in [2.24, 2.45) is 0 Å². The van der Waals surface area contributed by atoms with Crippen LogP contribution in [0.3, 0.4) is 0 Å². The van der Waals surface area contributed by atoms with Gasteiger partial charge in [0, 0.05) is 19.8 Å². The SMILES string of the molecule is CC(=O)O[N+]1([O-])C(C)(C)CCCC1(C)C. The summed E-state index contributed by atoms with van der Waals surface area (Å²) in [5.41, 5.74) is -1.12. The van der Waals surface area contributed by atoms with Gasteiger partial charge in [-0.25, -0.2) is 4.79 Å². The van der Waals surface area contributed by atoms with Crippen molar-refractivity contribution < 1.29 is 14.4 Å². The van der Waals surface area contributed by atoms with Crippen LogP contribution in [0.5, 0.6) is 0 Å². The van der Waals surface area contributed by atoms with Gasteiger partial charge in [-0.15, -0.1) is 0 Å². The molecule has 0 aromatic heterocycles. The fourth-order valence-corrected chi connectivity index (χ4v) is 2.50. The number of carbonyl (C=O) groups is 1. The topological polar surface area (TPSA) is 49.4 Å². The van der Waals surface area contributed by atoms with Gasteiger partial charge in [-0.3, -0.25) is 4.84 Å². The van der Waals surface area contributed by atoms with E-state index >= 15 is 0 Å². The number of carbonyl (C=O) groups excluding carboxylic acids is 1. The molecule has 0 aliphatic carbocycles. The lowest BCUT2D eigenvalue weighted by Gasteiger charge is -2.60. The maximum Gasteiger partial charge on any atom is 0.364 e. The number of quaternary nitrogens is 1. The number of piperidine rings is 1. The zero-order valence-corrected chi connectivity index (χ0v) is 10.3. The van der Waals surface area contributed by atoms with Gasteiger partial charge >= 0.3 is 5.97 Å². The zero-order valence-electron chi connectivity index (χ0n) is 10.3. The Bertz CT molecular complexity index is 255. The van der Waals surface area contributed by atoms with E-state index in [1.807, 2.05) is 27.7 Å². The van der Waals surface area contributed by atoms with Gasteiger partial charge in [-0.1, -0.05) is 0 Å². The predicted octanol–water partition coefficient (Wildman–Crippen LogP) is 2.52. The van der Waals surface area contributed by atoms with Crippen molar-refractivity contribution in [1.82, 2.24) is 0 Å². The van der Waals surface area contributed by atoms with Crippen LogP contribution in [0, 0.1) is 5.21 Å². The van der Waals surface area contributed by atoms with Crippen molar-refractivity contribution in [3.05, 3.63) is 5.21 Å². The van der Waals surface area contributed by atoms with Crippen molar-refractivity contribution in [3.63, 3.8) is 0 Å². The van der Waals surface area contributed by atoms with Gasteiger partial charge in [0.05, 0.1) is 0 Å². The van der Waals surface area contributed by atoms with E-state index < -0.39 is 21.9 Å². The molecule has 0 aromatic rings. The summed E-state index contributed by atoms with van der Waals surface area (Å²) in [4.78, 5) is 15.2. The van der Waals surface area contributed by atoms with Gasteiger partial charge in [-0.2, -0.15) is 4.81 Å². The summed E-state index contributed by atoms with van der Waals surface area (Å²) in [5.74, 6) is -0.506. The number of nitrogens with zero attached hydrogens (tertiary/aromatic N) is 1. The molecule has 1 fully saturated rings. The van der Waals surface area contributed by atoms with Crippen LogP contribution < -0.4 is 0 Å². The third-order valence-electron chi connectivity index (χ3n) is 3.43. The molecule has 15 heavy (non-hydrogen) atoms. The Morgan fingerprint density at radius 1 is 1.20 bits per heavy atom. The lowest BCUT2D eigenvalue weighted by atomic mass is 9.81. The van der Waals surface area contributed by atoms with E-state index in [1.54, 1.807) is 0 Å². The smallest absolute Gasteiger partial charge is 0.364 e. The summed E-state index contributed by atoms with van der Waals surface area (Å²) in [5, 5.41) is 12.7. The molecule has 0 spiro atoms. The highest BCUT2D eigenvalue weighted by molar-refractivity contribution is 5.65. The van der Waals surface area contributed by atoms with E-state index in [0.29, 0.717) is 0 Å². The molecule has 0 bridgehead atoms. The van der Waals surface area contributed by atoms with E-state index in [4.69, 9.17) is 4.84 Å². The average molecular weight is 215 g/mol. The van der Waals surface area contributed by atoms with E-state index in [2.05, 4.69) is 0 Å². The summed E-state index contributed by atoms with van der Waals surface area (Å²) in [6.45, 7) is 8.75. The Labute approximate surface area is 91.3 Å². The van der Waals surface area contributed by atoms with E-state index in [0.717, 1.165) is 19.3 Å². The maximum atomic E-state index is 12.7. The summed E-state index contributed by atoms with van der Waals surface area (Å²) in [7, 11) is 0. The fourth-order valence-electron chi connectivity index (χ4n) is 2.50. The van der Waals surface area contributed by atoms with Gasteiger partial charge in [-0.05, 0) is 34.1 Å². The predicted molar refractivity (Wildman–Crippen MR) is 57.4 cm³/mol. The summed E-state index contributed by atoms with van der Waals surface area (Å²) >= 11 is 0. The van der Waals surface area contributed by atoms with Crippen molar-refractivity contribution in [2.45, 2.75) is 65.0 Å². The van der Waals surface area contributed by atoms with Crippen molar-refractivity contribution in [3.8, 4) is 0 Å². The molecule has 1 aliphatic heterocycles. The highest BCUT2D eigenvalue weighted by atomic mass is 16.9. The molecule has 0 atom stereocenters. The second-order valence-electron chi connectivity index (χ2n) is 5.61. The third kappa shape index (κ3) is 1.88. The Morgan fingerprint density at radius 3 is 1.93 bits per heavy atom. The minimum Gasteiger partial charge on any atom is -0.588 e. The molecule has 1 aliphatic rings. The standard InChI is InChI=1S/C11H21NO3/c1-9(13)15-12(14)10(2,3)7-6-8-11(12,4)5/h6-8H2,1-5H3. The molecule has 4 heteroatoms. The van der Waals surface area contributed by atoms with Gasteiger partial charge in [0.2, 0.25) is 0 Å². The highest BCUT2D eigenvalue weighted by Crippen LogP contribution is 2.45. The summed E-state index contributed by atoms with van der Waals surface area (Å²) in [6, 6.07) is 0. The molecule has 1 saturated heterocycles. The third-order valence-corrected chi connectivity index (χ3v) is 3.43. The zero-order chi connectivity index (χ0) is 11.9. The molecule has 0 aromatic carbocycles. The molecule has 1 heterocycles. The van der Waals surface area contributed by atoms with Crippen LogP contribution in [-0.4, -0.2) is 21.9 Å². The van der Waals surface area contributed by atoms with E-state index in [9.17, 15) is 10.0 Å². The molecular weight excluding hydrogens is 194 g/mol. The van der Waals surface area contributed by atoms with Crippen LogP contribution in [0.1, 0.15) is 53.9 Å². The molecule has 0 unspecified atom stereocenters. The molecule has 0 saturated carbocycles. The van der Waals surface area contributed by atoms with Crippen LogP contribution in [0.25, 0.3) is 0 Å². The van der Waals surface area contributed by atoms with Crippen molar-refractivity contribution in [2.75, 3.05) is 0 Å². The number of hydroxylamine groups is 4. The van der Waals surface area contributed by atoms with Gasteiger partial charge in [0.1, 0.15) is 11.1 Å². The van der Waals surface area contributed by atoms with E-state index in [-0.39, 0.29) is 0 Å². The first-order valence-electron chi connectivity index (χ1n) is 5.43. The Balaban J connectivity index is 3.09. The molecule has 0 N–H and O–H groups in total. The maximum absolute atomic E-state index is 12.7. The van der Waals surface area contributed by atoms with Crippen molar-refractivity contribution >= 4 is 5.97 Å². The minimum atomic E-state index is -0.866. The lowest BCUT2D eigenvalue weighted by Crippen LogP contribution is -2.70. The normalized spacial score (nSPS) is 27.1. The molecule has 88 valence electrons. The Morgan fingerprint density at radius 2 is 1.60 bits per heavy atom. The highest BCUT2D eigenvalue weighted by Gasteiger charge is 2.54. The first-order valence-corrected chi connectivity index (χ1v) is 5.43. The van der Waals surface area contributed by atoms with Crippen LogP contribution in [0.4, 0.5) is 0 Å². The monoisotopic (exact) mass is 215 g/mol. The van der Waals surface area contributed by atoms with Crippen LogP contribution in [-0.2, 0) is 9.63 Å². The molecule has 4 nitrogen and oxygen atoms in total. The Kier molecular flexibility index (Phi) is 2.87. The fraction of sp³-hybridized carbons (Fsp3) is 0.909. The first kappa shape index (κ1) is 12.5. The number of hydrogen-bond donors (Lipinski definition) is 0. The number of hydrogen-bond acceptors (Lipinski definition) is 3. The quantitative estimate of drug-likeness (QED) is 0.499. The van der Waals surface area contributed by atoms with Gasteiger partial charge in [0.15, 0.2) is 0 Å². The van der Waals surface area contributed by atoms with Crippen LogP contribution in [0.15, 0.2) is 0 Å². The van der Waals surface area contributed by atoms with E-state index in [1.165, 1.54) is 6.92 Å². The second kappa shape index (κ2) is 3.46. The van der Waals surface area contributed by atoms with Crippen molar-refractivity contribution in [1.29, 1.82) is 0 Å². The molecule has 0 amide bonds. The van der Waals surface area contributed by atoms with Gasteiger partial charge < -0.3 is 5.21 Å².